The third-order valence-corrected chi connectivity index (χ3v) is 2.12. The third-order valence-electron chi connectivity index (χ3n) is 2.12. The number of hydrogen-bond donors (Lipinski definition) is 2. The van der Waals surface area contributed by atoms with Crippen LogP contribution in [0.25, 0.3) is 0 Å². The van der Waals surface area contributed by atoms with Gasteiger partial charge < -0.3 is 11.1 Å². The van der Waals surface area contributed by atoms with Crippen LogP contribution in [-0.4, -0.2) is 7.05 Å². The van der Waals surface area contributed by atoms with Gasteiger partial charge in [-0.3, -0.25) is 0 Å². The van der Waals surface area contributed by atoms with Gasteiger partial charge in [0.15, 0.2) is 0 Å². The predicted octanol–water partition coefficient (Wildman–Crippen LogP) is 2.02. The lowest BCUT2D eigenvalue weighted by Crippen LogP contribution is -2.12. The molecule has 0 fully saturated rings. The summed E-state index contributed by atoms with van der Waals surface area (Å²) < 4.78 is 12.4. The largest absolute Gasteiger partial charge is 0.399 e. The number of hydrogen-bond acceptors (Lipinski definition) is 2. The summed E-state index contributed by atoms with van der Waals surface area (Å²) >= 11 is 0. The van der Waals surface area contributed by atoms with Crippen LogP contribution in [-0.2, 0) is 6.67 Å². The van der Waals surface area contributed by atoms with Crippen LogP contribution in [0.15, 0.2) is 18.2 Å². The van der Waals surface area contributed by atoms with Crippen LogP contribution >= 0.6 is 0 Å². The van der Waals surface area contributed by atoms with Gasteiger partial charge >= 0.3 is 0 Å². The van der Waals surface area contributed by atoms with E-state index in [2.05, 4.69) is 5.32 Å². The SMILES string of the molecule is CN[C@H](C)c1cc(N)cc(CF)c1. The van der Waals surface area contributed by atoms with Gasteiger partial charge in [0.2, 0.25) is 0 Å². The first-order chi connectivity index (χ1) is 6.17. The van der Waals surface area contributed by atoms with E-state index in [1.165, 1.54) is 0 Å². The molecule has 72 valence electrons. The average molecular weight is 182 g/mol. The van der Waals surface area contributed by atoms with Crippen molar-refractivity contribution < 1.29 is 4.39 Å². The molecule has 3 N–H and O–H groups in total. The van der Waals surface area contributed by atoms with E-state index in [0.29, 0.717) is 11.3 Å². The molecule has 13 heavy (non-hydrogen) atoms. The van der Waals surface area contributed by atoms with Crippen molar-refractivity contribution in [1.82, 2.24) is 5.32 Å². The molecule has 0 aliphatic rings. The van der Waals surface area contributed by atoms with E-state index in [4.69, 9.17) is 5.73 Å². The highest BCUT2D eigenvalue weighted by molar-refractivity contribution is 5.45. The smallest absolute Gasteiger partial charge is 0.115 e. The van der Waals surface area contributed by atoms with E-state index in [9.17, 15) is 4.39 Å². The van der Waals surface area contributed by atoms with Crippen molar-refractivity contribution in [3.8, 4) is 0 Å². The maximum Gasteiger partial charge on any atom is 0.115 e. The Hall–Kier alpha value is -1.09. The molecule has 0 unspecified atom stereocenters. The number of nitrogen functional groups attached to an aromatic ring is 1. The number of alkyl halides is 1. The topological polar surface area (TPSA) is 38.0 Å². The minimum Gasteiger partial charge on any atom is -0.399 e. The zero-order valence-electron chi connectivity index (χ0n) is 7.97. The fourth-order valence-corrected chi connectivity index (χ4v) is 1.24. The summed E-state index contributed by atoms with van der Waals surface area (Å²) in [5, 5.41) is 3.08. The van der Waals surface area contributed by atoms with Crippen LogP contribution in [0.2, 0.25) is 0 Å². The maximum absolute atomic E-state index is 12.4. The highest BCUT2D eigenvalue weighted by Gasteiger charge is 2.04. The Morgan fingerprint density at radius 1 is 1.46 bits per heavy atom. The van der Waals surface area contributed by atoms with Crippen LogP contribution in [0.4, 0.5) is 10.1 Å². The van der Waals surface area contributed by atoms with Gasteiger partial charge in [-0.05, 0) is 37.2 Å². The maximum atomic E-state index is 12.4. The molecule has 1 rings (SSSR count). The summed E-state index contributed by atoms with van der Waals surface area (Å²) in [5.41, 5.74) is 7.91. The molecule has 0 spiro atoms. The Morgan fingerprint density at radius 3 is 2.69 bits per heavy atom. The van der Waals surface area contributed by atoms with Crippen LogP contribution in [0.3, 0.4) is 0 Å². The summed E-state index contributed by atoms with van der Waals surface area (Å²) in [6, 6.07) is 5.55. The van der Waals surface area contributed by atoms with Crippen molar-refractivity contribution >= 4 is 5.69 Å². The van der Waals surface area contributed by atoms with E-state index in [1.807, 2.05) is 26.1 Å². The molecule has 0 aromatic heterocycles. The second kappa shape index (κ2) is 4.23. The normalized spacial score (nSPS) is 12.8. The Bertz CT molecular complexity index is 286. The molecule has 0 radical (unpaired) electrons. The minimum absolute atomic E-state index is 0.203. The second-order valence-electron chi connectivity index (χ2n) is 3.15. The molecule has 0 saturated carbocycles. The number of nitrogens with two attached hydrogens (primary N) is 1. The zero-order chi connectivity index (χ0) is 9.84. The molecule has 0 heterocycles. The molecule has 0 bridgehead atoms. The highest BCUT2D eigenvalue weighted by atomic mass is 19.1. The van der Waals surface area contributed by atoms with Crippen LogP contribution in [0.1, 0.15) is 24.1 Å². The number of anilines is 1. The van der Waals surface area contributed by atoms with E-state index < -0.39 is 6.67 Å². The molecular formula is C10H15FN2. The van der Waals surface area contributed by atoms with Crippen molar-refractivity contribution in [2.75, 3.05) is 12.8 Å². The summed E-state index contributed by atoms with van der Waals surface area (Å²) in [4.78, 5) is 0. The summed E-state index contributed by atoms with van der Waals surface area (Å²) in [6.07, 6.45) is 0. The Labute approximate surface area is 77.9 Å². The van der Waals surface area contributed by atoms with Crippen LogP contribution < -0.4 is 11.1 Å². The lowest BCUT2D eigenvalue weighted by Gasteiger charge is -2.12. The summed E-state index contributed by atoms with van der Waals surface area (Å²) in [6.45, 7) is 1.55. The molecule has 1 atom stereocenters. The van der Waals surface area contributed by atoms with Gasteiger partial charge in [0.25, 0.3) is 0 Å². The first kappa shape index (κ1) is 9.99. The molecule has 0 saturated heterocycles. The van der Waals surface area contributed by atoms with Crippen molar-refractivity contribution in [1.29, 1.82) is 0 Å². The fraction of sp³-hybridized carbons (Fsp3) is 0.400. The van der Waals surface area contributed by atoms with Gasteiger partial charge in [-0.25, -0.2) is 4.39 Å². The molecule has 1 aromatic rings. The molecule has 3 heteroatoms. The number of nitrogens with one attached hydrogen (secondary N) is 1. The van der Waals surface area contributed by atoms with Gasteiger partial charge in [-0.2, -0.15) is 0 Å². The van der Waals surface area contributed by atoms with E-state index in [-0.39, 0.29) is 6.04 Å². The third kappa shape index (κ3) is 2.42. The van der Waals surface area contributed by atoms with Crippen molar-refractivity contribution in [2.24, 2.45) is 0 Å². The van der Waals surface area contributed by atoms with Gasteiger partial charge in [0.05, 0.1) is 0 Å². The first-order valence-electron chi connectivity index (χ1n) is 4.30. The van der Waals surface area contributed by atoms with E-state index in [0.717, 1.165) is 5.56 Å². The first-order valence-corrected chi connectivity index (χ1v) is 4.30. The van der Waals surface area contributed by atoms with Crippen LogP contribution in [0, 0.1) is 0 Å². The Morgan fingerprint density at radius 2 is 2.15 bits per heavy atom. The summed E-state index contributed by atoms with van der Waals surface area (Å²) in [5.74, 6) is 0. The van der Waals surface area contributed by atoms with Crippen molar-refractivity contribution in [2.45, 2.75) is 19.6 Å². The second-order valence-corrected chi connectivity index (χ2v) is 3.15. The molecule has 2 nitrogen and oxygen atoms in total. The molecule has 0 amide bonds. The number of halogens is 1. The van der Waals surface area contributed by atoms with Gasteiger partial charge in [-0.15, -0.1) is 0 Å². The number of rotatable bonds is 3. The summed E-state index contributed by atoms with van der Waals surface area (Å²) in [7, 11) is 1.86. The number of benzene rings is 1. The monoisotopic (exact) mass is 182 g/mol. The van der Waals surface area contributed by atoms with Gasteiger partial charge in [0, 0.05) is 11.7 Å². The Balaban J connectivity index is 3.01. The van der Waals surface area contributed by atoms with Crippen molar-refractivity contribution in [3.05, 3.63) is 29.3 Å². The van der Waals surface area contributed by atoms with E-state index in [1.54, 1.807) is 6.07 Å². The molecular weight excluding hydrogens is 167 g/mol. The average Bonchev–Trinajstić information content (AvgIpc) is 2.15. The minimum atomic E-state index is -0.464. The van der Waals surface area contributed by atoms with Crippen LogP contribution in [0.5, 0.6) is 0 Å². The van der Waals surface area contributed by atoms with Gasteiger partial charge in [-0.1, -0.05) is 6.07 Å². The Kier molecular flexibility index (Phi) is 3.25. The quantitative estimate of drug-likeness (QED) is 0.702. The molecule has 1 aromatic carbocycles. The van der Waals surface area contributed by atoms with Crippen molar-refractivity contribution in [3.63, 3.8) is 0 Å². The molecule has 0 aliphatic heterocycles. The standard InChI is InChI=1S/C10H15FN2/c1-7(13-2)9-3-8(6-11)4-10(12)5-9/h3-5,7,13H,6,12H2,1-2H3/t7-/m1/s1. The predicted molar refractivity (Wildman–Crippen MR) is 53.1 cm³/mol. The fourth-order valence-electron chi connectivity index (χ4n) is 1.24. The van der Waals surface area contributed by atoms with Gasteiger partial charge in [0.1, 0.15) is 6.67 Å². The zero-order valence-corrected chi connectivity index (χ0v) is 7.97. The lowest BCUT2D eigenvalue weighted by molar-refractivity contribution is 0.484. The molecule has 0 aliphatic carbocycles. The highest BCUT2D eigenvalue weighted by Crippen LogP contribution is 2.18. The van der Waals surface area contributed by atoms with E-state index >= 15 is 0 Å². The lowest BCUT2D eigenvalue weighted by atomic mass is 10.0.